The van der Waals surface area contributed by atoms with Crippen LogP contribution in [-0.4, -0.2) is 9.13 Å². The third kappa shape index (κ3) is 0.899. The molecule has 0 saturated heterocycles. The van der Waals surface area contributed by atoms with Crippen molar-refractivity contribution >= 4 is 0 Å². The number of hydrogen-bond acceptors (Lipinski definition) is 0. The van der Waals surface area contributed by atoms with Gasteiger partial charge in [0.2, 0.25) is 0 Å². The van der Waals surface area contributed by atoms with E-state index >= 15 is 0 Å². The van der Waals surface area contributed by atoms with Gasteiger partial charge in [-0.3, -0.25) is 0 Å². The summed E-state index contributed by atoms with van der Waals surface area (Å²) in [5.74, 6) is 0. The minimum absolute atomic E-state index is 1.05. The molecular weight excluding hydrogens is 168 g/mol. The van der Waals surface area contributed by atoms with Gasteiger partial charge in [-0.15, -0.1) is 0 Å². The van der Waals surface area contributed by atoms with E-state index in [2.05, 4.69) is 38.6 Å². The van der Waals surface area contributed by atoms with Crippen LogP contribution in [0.25, 0.3) is 0 Å². The average Bonchev–Trinajstić information content (AvgIpc) is 2.07. The second-order valence-corrected chi connectivity index (χ2v) is 3.04. The summed E-state index contributed by atoms with van der Waals surface area (Å²) in [6, 6.07) is 0. The van der Waals surface area contributed by atoms with Crippen LogP contribution in [0, 0.1) is 18.2 Å². The van der Waals surface area contributed by atoms with Crippen LogP contribution in [0.2, 0.25) is 0 Å². The van der Waals surface area contributed by atoms with E-state index in [1.54, 1.807) is 0 Å². The third-order valence-corrected chi connectivity index (χ3v) is 2.81. The maximum absolute atomic E-state index is 3.93. The number of imidazole rings is 1. The molecule has 1 aromatic rings. The zero-order valence-electron chi connectivity index (χ0n) is 6.75. The van der Waals surface area contributed by atoms with Gasteiger partial charge in [0, 0.05) is 0 Å². The van der Waals surface area contributed by atoms with Crippen LogP contribution in [-0.2, 0) is 29.7 Å². The van der Waals surface area contributed by atoms with E-state index in [0.717, 1.165) is 4.32 Å². The van der Waals surface area contributed by atoms with Gasteiger partial charge in [-0.1, -0.05) is 0 Å². The van der Waals surface area contributed by atoms with Crippen molar-refractivity contribution in [1.82, 2.24) is 9.13 Å². The predicted octanol–water partition coefficient (Wildman–Crippen LogP) is 1.06. The molecule has 58 valence electrons. The zero-order chi connectivity index (χ0) is 7.89. The fraction of sp³-hybridized carbons (Fsp3) is 0.571. The fourth-order valence-corrected chi connectivity index (χ4v) is 1.35. The molecule has 0 aliphatic rings. The van der Waals surface area contributed by atoms with E-state index in [4.69, 9.17) is 0 Å². The van der Waals surface area contributed by atoms with E-state index in [-0.39, 0.29) is 0 Å². The monoisotopic (exact) mass is 180 g/mol. The summed E-state index contributed by atoms with van der Waals surface area (Å²) < 4.78 is 5.24. The summed E-state index contributed by atoms with van der Waals surface area (Å²) in [4.78, 5) is 0. The van der Waals surface area contributed by atoms with Crippen molar-refractivity contribution in [2.75, 3.05) is 0 Å². The molecule has 10 heavy (non-hydrogen) atoms. The molecule has 0 aliphatic heterocycles. The van der Waals surface area contributed by atoms with Crippen molar-refractivity contribution in [1.29, 1.82) is 0 Å². The summed E-state index contributed by atoms with van der Waals surface area (Å²) in [5.41, 5.74) is 2.57. The molecule has 0 bridgehead atoms. The SMILES string of the molecule is Cc1c(C)n(C)[c](=[Fe])n1C. The Bertz CT molecular complexity index is 278. The Balaban J connectivity index is 3.60. The maximum atomic E-state index is 3.93. The Kier molecular flexibility index (Phi) is 1.88. The van der Waals surface area contributed by atoms with Gasteiger partial charge in [-0.2, -0.15) is 0 Å². The summed E-state index contributed by atoms with van der Waals surface area (Å²) in [5, 5.41) is 0. The first-order valence-electron chi connectivity index (χ1n) is 3.22. The Labute approximate surface area is 68.8 Å². The van der Waals surface area contributed by atoms with Crippen molar-refractivity contribution in [2.45, 2.75) is 13.8 Å². The Hall–Kier alpha value is -0.271. The van der Waals surface area contributed by atoms with Crippen molar-refractivity contribution in [3.8, 4) is 0 Å². The van der Waals surface area contributed by atoms with Crippen LogP contribution in [0.3, 0.4) is 0 Å². The number of rotatable bonds is 0. The van der Waals surface area contributed by atoms with Gasteiger partial charge in [0.05, 0.1) is 0 Å². The van der Waals surface area contributed by atoms with Gasteiger partial charge >= 0.3 is 68.4 Å². The first kappa shape index (κ1) is 7.83. The molecule has 0 amide bonds. The summed E-state index contributed by atoms with van der Waals surface area (Å²) in [7, 11) is 4.06. The molecule has 0 fully saturated rings. The van der Waals surface area contributed by atoms with Crippen LogP contribution in [0.15, 0.2) is 0 Å². The molecule has 0 spiro atoms. The quantitative estimate of drug-likeness (QED) is 0.528. The van der Waals surface area contributed by atoms with E-state index in [0.29, 0.717) is 0 Å². The molecule has 1 aromatic heterocycles. The van der Waals surface area contributed by atoms with Crippen molar-refractivity contribution < 1.29 is 15.6 Å². The van der Waals surface area contributed by atoms with Gasteiger partial charge in [0.1, 0.15) is 0 Å². The minimum atomic E-state index is 1.05. The van der Waals surface area contributed by atoms with E-state index in [1.807, 2.05) is 14.1 Å². The van der Waals surface area contributed by atoms with Crippen LogP contribution in [0.4, 0.5) is 0 Å². The van der Waals surface area contributed by atoms with Crippen LogP contribution in [0.5, 0.6) is 0 Å². The standard InChI is InChI=1S/C7H12N2.Fe/c1-6-7(2)9(4)5-8(6)3;/h1-4H3;. The molecule has 0 N–H and O–H groups in total. The summed E-state index contributed by atoms with van der Waals surface area (Å²) >= 11 is 3.93. The molecule has 1 rings (SSSR count). The van der Waals surface area contributed by atoms with E-state index < -0.39 is 0 Å². The molecule has 0 unspecified atom stereocenters. The van der Waals surface area contributed by atoms with Gasteiger partial charge in [-0.05, 0) is 0 Å². The number of hydrogen-bond donors (Lipinski definition) is 0. The van der Waals surface area contributed by atoms with Crippen LogP contribution in [0.1, 0.15) is 11.4 Å². The molecular formula is C7H12FeN2. The normalized spacial score (nSPS) is 10.5. The van der Waals surface area contributed by atoms with E-state index in [1.165, 1.54) is 11.4 Å². The first-order chi connectivity index (χ1) is 4.55. The predicted molar refractivity (Wildman–Crippen MR) is 37.1 cm³/mol. The number of nitrogens with zero attached hydrogens (tertiary/aromatic N) is 2. The average molecular weight is 180 g/mol. The second kappa shape index (κ2) is 2.40. The topological polar surface area (TPSA) is 9.86 Å². The molecule has 0 atom stereocenters. The molecule has 0 radical (unpaired) electrons. The Morgan fingerprint density at radius 1 is 1.00 bits per heavy atom. The third-order valence-electron chi connectivity index (χ3n) is 2.07. The summed E-state index contributed by atoms with van der Waals surface area (Å²) in [6.45, 7) is 4.20. The van der Waals surface area contributed by atoms with Crippen molar-refractivity contribution in [2.24, 2.45) is 14.1 Å². The zero-order valence-corrected chi connectivity index (χ0v) is 7.85. The molecule has 0 saturated carbocycles. The van der Waals surface area contributed by atoms with Gasteiger partial charge in [0.15, 0.2) is 0 Å². The van der Waals surface area contributed by atoms with E-state index in [9.17, 15) is 0 Å². The first-order valence-corrected chi connectivity index (χ1v) is 3.77. The molecule has 1 heterocycles. The molecule has 3 heteroatoms. The van der Waals surface area contributed by atoms with Gasteiger partial charge in [-0.25, -0.2) is 0 Å². The van der Waals surface area contributed by atoms with Crippen LogP contribution >= 0.6 is 0 Å². The Morgan fingerprint density at radius 2 is 1.30 bits per heavy atom. The number of aromatic nitrogens is 2. The fourth-order valence-electron chi connectivity index (χ4n) is 0.979. The second-order valence-electron chi connectivity index (χ2n) is 2.55. The van der Waals surface area contributed by atoms with Gasteiger partial charge < -0.3 is 0 Å². The molecule has 0 aromatic carbocycles. The molecule has 2 nitrogen and oxygen atoms in total. The van der Waals surface area contributed by atoms with Crippen LogP contribution < -0.4 is 0 Å². The van der Waals surface area contributed by atoms with Crippen molar-refractivity contribution in [3.63, 3.8) is 0 Å². The summed E-state index contributed by atoms with van der Waals surface area (Å²) in [6.07, 6.45) is 0. The van der Waals surface area contributed by atoms with Gasteiger partial charge in [0.25, 0.3) is 0 Å². The Morgan fingerprint density at radius 3 is 1.40 bits per heavy atom. The molecule has 0 aliphatic carbocycles. The van der Waals surface area contributed by atoms with Crippen molar-refractivity contribution in [3.05, 3.63) is 15.7 Å².